The molecule has 0 saturated carbocycles. The van der Waals surface area contributed by atoms with Crippen LogP contribution in [-0.4, -0.2) is 42.4 Å². The van der Waals surface area contributed by atoms with Crippen LogP contribution in [0.2, 0.25) is 0 Å². The van der Waals surface area contributed by atoms with E-state index in [4.69, 9.17) is 4.74 Å². The number of carbonyl (C=O) groups is 1. The highest BCUT2D eigenvalue weighted by atomic mass is 19.2. The van der Waals surface area contributed by atoms with Crippen LogP contribution in [-0.2, 0) is 15.6 Å². The highest BCUT2D eigenvalue weighted by molar-refractivity contribution is 6.41. The van der Waals surface area contributed by atoms with Crippen LogP contribution in [0.5, 0.6) is 5.75 Å². The van der Waals surface area contributed by atoms with Gasteiger partial charge in [-0.25, -0.2) is 0 Å². The molecule has 0 spiro atoms. The maximum Gasteiger partial charge on any atom is 0.677 e. The van der Waals surface area contributed by atoms with Crippen molar-refractivity contribution < 1.29 is 18.2 Å². The smallest absolute Gasteiger partial charge is 0.496 e. The molecule has 1 atom stereocenters. The number of nitrogens with zero attached hydrogens (tertiary/aromatic N) is 2. The number of allylic oxidation sites excluding steroid dienone is 1. The summed E-state index contributed by atoms with van der Waals surface area (Å²) in [5, 5.41) is 2.78. The molecule has 1 N–H and O–H groups in total. The van der Waals surface area contributed by atoms with Crippen LogP contribution in [0, 0.1) is 0 Å². The molecule has 1 aliphatic rings. The Labute approximate surface area is 267 Å². The quantitative estimate of drug-likeness (QED) is 0.271. The van der Waals surface area contributed by atoms with Gasteiger partial charge in [-0.05, 0) is 77.9 Å². The number of hydrogen-bond acceptors (Lipinski definition) is 3. The number of anilines is 1. The Hall–Kier alpha value is -4.07. The normalized spacial score (nSPS) is 18.3. The number of nitrogens with one attached hydrogen (secondary N) is 1. The Morgan fingerprint density at radius 3 is 2.20 bits per heavy atom. The highest BCUT2D eigenvalue weighted by Gasteiger charge is 2.36. The zero-order valence-electron chi connectivity index (χ0n) is 28.5. The average molecular weight is 614 g/mol. The first kappa shape index (κ1) is 33.8. The van der Waals surface area contributed by atoms with Gasteiger partial charge in [-0.2, -0.15) is 0 Å². The lowest BCUT2D eigenvalue weighted by molar-refractivity contribution is -0.114. The lowest BCUT2D eigenvalue weighted by atomic mass is 9.78. The largest absolute Gasteiger partial charge is 0.677 e. The molecule has 3 aromatic rings. The zero-order chi connectivity index (χ0) is 33.5. The first-order valence-electron chi connectivity index (χ1n) is 15.3. The molecular weight excluding hydrogens is 567 g/mol. The standard InChI is InChI=1S/C37H46BF2N3O2/c1-24-23-37(9,19-18-27-21-28(35(3,4)5)22-30(34(27)45-11)36(6,7)8)42(10)33(24)32(31-13-12-20-43(31)38(39)40)26-14-16-29(17-15-26)41-25(2)44/h12-23H,1-11H3,(H,41,44)/b19-18+,33-32-. The summed E-state index contributed by atoms with van der Waals surface area (Å²) in [6, 6.07) is 15.1. The van der Waals surface area contributed by atoms with Gasteiger partial charge in [-0.1, -0.05) is 78.0 Å². The van der Waals surface area contributed by atoms with Crippen LogP contribution >= 0.6 is 0 Å². The number of amides is 1. The van der Waals surface area contributed by atoms with Crippen LogP contribution in [0.25, 0.3) is 11.6 Å². The first-order chi connectivity index (χ1) is 20.9. The van der Waals surface area contributed by atoms with E-state index >= 15 is 0 Å². The molecule has 2 aromatic carbocycles. The molecule has 5 nitrogen and oxygen atoms in total. The number of aromatic nitrogens is 1. The number of carbonyl (C=O) groups excluding carboxylic acids is 1. The number of halogens is 2. The number of rotatable bonds is 7. The summed E-state index contributed by atoms with van der Waals surface area (Å²) in [6.45, 7) is 18.8. The topological polar surface area (TPSA) is 46.5 Å². The van der Waals surface area contributed by atoms with Crippen molar-refractivity contribution in [1.29, 1.82) is 0 Å². The molecule has 0 radical (unpaired) electrons. The summed E-state index contributed by atoms with van der Waals surface area (Å²) in [7, 11) is 1.01. The summed E-state index contributed by atoms with van der Waals surface area (Å²) in [5.74, 6) is 0.672. The van der Waals surface area contributed by atoms with E-state index in [1.54, 1.807) is 31.4 Å². The van der Waals surface area contributed by atoms with Crippen molar-refractivity contribution in [2.75, 3.05) is 19.5 Å². The number of benzene rings is 2. The van der Waals surface area contributed by atoms with Gasteiger partial charge in [0.2, 0.25) is 5.91 Å². The van der Waals surface area contributed by atoms with E-state index in [1.807, 2.05) is 26.1 Å². The molecule has 0 fully saturated rings. The summed E-state index contributed by atoms with van der Waals surface area (Å²) in [6.07, 6.45) is 7.85. The van der Waals surface area contributed by atoms with Crippen LogP contribution in [0.15, 0.2) is 78.1 Å². The summed E-state index contributed by atoms with van der Waals surface area (Å²) < 4.78 is 35.5. The highest BCUT2D eigenvalue weighted by Crippen LogP contribution is 2.43. The van der Waals surface area contributed by atoms with Crippen molar-refractivity contribution in [2.45, 2.75) is 78.7 Å². The van der Waals surface area contributed by atoms with E-state index in [1.165, 1.54) is 18.7 Å². The monoisotopic (exact) mass is 613 g/mol. The van der Waals surface area contributed by atoms with Crippen molar-refractivity contribution in [1.82, 2.24) is 9.38 Å². The van der Waals surface area contributed by atoms with Gasteiger partial charge in [0.25, 0.3) is 0 Å². The third-order valence-corrected chi connectivity index (χ3v) is 8.51. The molecule has 238 valence electrons. The van der Waals surface area contributed by atoms with E-state index < -0.39 is 12.9 Å². The van der Waals surface area contributed by atoms with Crippen LogP contribution in [0.4, 0.5) is 14.3 Å². The molecule has 0 aliphatic carbocycles. The zero-order valence-corrected chi connectivity index (χ0v) is 28.5. The molecule has 1 unspecified atom stereocenters. The van der Waals surface area contributed by atoms with Crippen molar-refractivity contribution in [3.8, 4) is 5.75 Å². The first-order valence-corrected chi connectivity index (χ1v) is 15.3. The van der Waals surface area contributed by atoms with E-state index in [0.29, 0.717) is 17.0 Å². The minimum absolute atomic E-state index is 0.0562. The second-order valence-electron chi connectivity index (χ2n) is 14.2. The predicted octanol–water partition coefficient (Wildman–Crippen LogP) is 8.95. The Morgan fingerprint density at radius 1 is 1.02 bits per heavy atom. The Morgan fingerprint density at radius 2 is 1.67 bits per heavy atom. The SMILES string of the molecule is COc1c(/C=C/C2(C)C=C(C)/C(=C(\c3ccc(NC(C)=O)cc3)c3cccn3B(F)F)N2C)cc(C(C)(C)C)cc1C(C)(C)C. The van der Waals surface area contributed by atoms with E-state index in [2.05, 4.69) is 89.0 Å². The molecule has 1 aliphatic heterocycles. The van der Waals surface area contributed by atoms with Gasteiger partial charge in [0, 0.05) is 42.1 Å². The van der Waals surface area contributed by atoms with Crippen LogP contribution in [0.1, 0.15) is 90.3 Å². The van der Waals surface area contributed by atoms with Gasteiger partial charge in [0.05, 0.1) is 18.3 Å². The van der Waals surface area contributed by atoms with Crippen molar-refractivity contribution >= 4 is 30.6 Å². The van der Waals surface area contributed by atoms with Crippen LogP contribution < -0.4 is 10.1 Å². The third-order valence-electron chi connectivity index (χ3n) is 8.51. The number of methoxy groups -OCH3 is 1. The molecule has 45 heavy (non-hydrogen) atoms. The molecular formula is C37H46BF2N3O2. The van der Waals surface area contributed by atoms with Crippen molar-refractivity contribution in [2.24, 2.45) is 0 Å². The fourth-order valence-electron chi connectivity index (χ4n) is 5.99. The number of likely N-dealkylation sites (N-methyl/N-ethyl adjacent to an activating group) is 1. The molecule has 0 saturated heterocycles. The minimum Gasteiger partial charge on any atom is -0.496 e. The summed E-state index contributed by atoms with van der Waals surface area (Å²) in [5.41, 5.74) is 6.94. The maximum absolute atomic E-state index is 14.2. The molecule has 4 rings (SSSR count). The summed E-state index contributed by atoms with van der Waals surface area (Å²) in [4.78, 5) is 13.8. The second kappa shape index (κ2) is 12.4. The van der Waals surface area contributed by atoms with E-state index in [0.717, 1.165) is 38.2 Å². The third kappa shape index (κ3) is 6.95. The molecule has 2 heterocycles. The van der Waals surface area contributed by atoms with E-state index in [-0.39, 0.29) is 16.7 Å². The maximum atomic E-state index is 14.2. The predicted molar refractivity (Wildman–Crippen MR) is 184 cm³/mol. The molecule has 8 heteroatoms. The molecule has 1 aromatic heterocycles. The number of hydrogen-bond donors (Lipinski definition) is 1. The van der Waals surface area contributed by atoms with E-state index in [9.17, 15) is 13.4 Å². The fourth-order valence-corrected chi connectivity index (χ4v) is 5.99. The van der Waals surface area contributed by atoms with Crippen molar-refractivity contribution in [3.63, 3.8) is 0 Å². The fraction of sp³-hybridized carbons (Fsp3) is 0.378. The number of ether oxygens (including phenoxy) is 1. The second-order valence-corrected chi connectivity index (χ2v) is 14.2. The van der Waals surface area contributed by atoms with Gasteiger partial charge in [0.15, 0.2) is 0 Å². The van der Waals surface area contributed by atoms with Gasteiger partial charge >= 0.3 is 7.40 Å². The van der Waals surface area contributed by atoms with Gasteiger partial charge in [-0.3, -0.25) is 13.4 Å². The Bertz CT molecular complexity index is 1670. The average Bonchev–Trinajstić information content (AvgIpc) is 3.50. The van der Waals surface area contributed by atoms with Gasteiger partial charge in [-0.15, -0.1) is 0 Å². The molecule has 0 bridgehead atoms. The lowest BCUT2D eigenvalue weighted by Gasteiger charge is -2.33. The molecule has 1 amide bonds. The van der Waals surface area contributed by atoms with Gasteiger partial charge < -0.3 is 19.4 Å². The van der Waals surface area contributed by atoms with Gasteiger partial charge in [0.1, 0.15) is 5.75 Å². The van der Waals surface area contributed by atoms with Crippen molar-refractivity contribution in [3.05, 3.63) is 106 Å². The lowest BCUT2D eigenvalue weighted by Crippen LogP contribution is -2.36. The van der Waals surface area contributed by atoms with Crippen LogP contribution in [0.3, 0.4) is 0 Å². The summed E-state index contributed by atoms with van der Waals surface area (Å²) >= 11 is 0. The Balaban J connectivity index is 1.89. The minimum atomic E-state index is -2.70. The Kier molecular flexibility index (Phi) is 9.30.